The smallest absolute Gasteiger partial charge is 0.317 e. The van der Waals surface area contributed by atoms with E-state index in [9.17, 15) is 29.1 Å². The number of aliphatic hydroxyl groups is 1. The van der Waals surface area contributed by atoms with Crippen molar-refractivity contribution in [1.82, 2.24) is 0 Å². The number of cyclic esters (lactones) is 2. The van der Waals surface area contributed by atoms with E-state index in [2.05, 4.69) is 32.4 Å². The van der Waals surface area contributed by atoms with Crippen LogP contribution in [-0.4, -0.2) is 52.6 Å². The van der Waals surface area contributed by atoms with Gasteiger partial charge >= 0.3 is 23.9 Å². The van der Waals surface area contributed by atoms with Crippen molar-refractivity contribution in [1.29, 1.82) is 0 Å². The van der Waals surface area contributed by atoms with Crippen molar-refractivity contribution in [2.75, 3.05) is 6.61 Å². The van der Waals surface area contributed by atoms with Gasteiger partial charge in [0.2, 0.25) is 0 Å². The van der Waals surface area contributed by atoms with Gasteiger partial charge in [-0.25, -0.2) is 0 Å². The summed E-state index contributed by atoms with van der Waals surface area (Å²) in [6.45, 7) is 25.2. The summed E-state index contributed by atoms with van der Waals surface area (Å²) in [5, 5.41) is 9.50. The molecule has 11 fully saturated rings. The molecule has 0 aromatic rings. The lowest BCUT2D eigenvalue weighted by Gasteiger charge is -2.55. The number of fused-ring (bicyclic) bond motifs is 11. The van der Waals surface area contributed by atoms with Crippen LogP contribution in [0.15, 0.2) is 0 Å². The zero-order chi connectivity index (χ0) is 44.0. The molecule has 0 aromatic carbocycles. The number of aliphatic hydroxyl groups excluding tert-OH is 1. The number of carbonyl (C=O) groups excluding carboxylic acids is 5. The van der Waals surface area contributed by atoms with Gasteiger partial charge in [0, 0.05) is 18.4 Å². The van der Waals surface area contributed by atoms with Crippen LogP contribution in [0.2, 0.25) is 0 Å². The van der Waals surface area contributed by atoms with Gasteiger partial charge in [-0.3, -0.25) is 24.0 Å². The molecule has 11 aliphatic rings. The van der Waals surface area contributed by atoms with Crippen molar-refractivity contribution in [2.45, 2.75) is 165 Å². The molecule has 1 heterocycles. The van der Waals surface area contributed by atoms with Crippen molar-refractivity contribution in [3.05, 3.63) is 0 Å². The van der Waals surface area contributed by atoms with E-state index in [1.165, 1.54) is 25.7 Å². The molecule has 1 saturated heterocycles. The van der Waals surface area contributed by atoms with E-state index >= 15 is 0 Å². The molecule has 9 heteroatoms. The molecule has 0 spiro atoms. The van der Waals surface area contributed by atoms with Gasteiger partial charge in [-0.1, -0.05) is 48.5 Å². The predicted molar refractivity (Wildman–Crippen MR) is 228 cm³/mol. The summed E-state index contributed by atoms with van der Waals surface area (Å²) in [7, 11) is 0. The largest absolute Gasteiger partial charge is 0.460 e. The summed E-state index contributed by atoms with van der Waals surface area (Å²) in [5.41, 5.74) is -1.06. The van der Waals surface area contributed by atoms with Gasteiger partial charge < -0.3 is 19.3 Å². The number of hydrogen-bond acceptors (Lipinski definition) is 9. The average molecular weight is 837 g/mol. The maximum Gasteiger partial charge on any atom is 0.317 e. The summed E-state index contributed by atoms with van der Waals surface area (Å²) < 4.78 is 15.8. The zero-order valence-corrected chi connectivity index (χ0v) is 39.2. The Hall–Kier alpha value is -2.29. The van der Waals surface area contributed by atoms with Gasteiger partial charge in [-0.05, 0) is 188 Å². The SMILES string of the molecule is CC1C(=O)OC(=O)C1C.CC1C(C)C2CC1C1C3CC(CO)C(C3)C21.CC1C2CC(C(=O)OC(C)(C)C)C(C2)C1C.CCC(C)(C)C(=O)OC12CC3CC(C1)C(=O)C(C3)C2. The number of ketones is 1. The summed E-state index contributed by atoms with van der Waals surface area (Å²) in [4.78, 5) is 57.7. The molecule has 0 amide bonds. The van der Waals surface area contributed by atoms with Crippen LogP contribution in [0.25, 0.3) is 0 Å². The first-order chi connectivity index (χ1) is 28.0. The van der Waals surface area contributed by atoms with Crippen LogP contribution in [-0.2, 0) is 38.2 Å². The molecule has 60 heavy (non-hydrogen) atoms. The first-order valence-corrected chi connectivity index (χ1v) is 24.4. The van der Waals surface area contributed by atoms with Gasteiger partial charge in [0.15, 0.2) is 0 Å². The van der Waals surface area contributed by atoms with Crippen molar-refractivity contribution < 1.29 is 43.3 Å². The Morgan fingerprint density at radius 1 is 0.683 bits per heavy atom. The van der Waals surface area contributed by atoms with E-state index in [0.29, 0.717) is 36.1 Å². The minimum absolute atomic E-state index is 0.0405. The highest BCUT2D eigenvalue weighted by Gasteiger charge is 2.65. The first-order valence-electron chi connectivity index (χ1n) is 24.4. The number of Topliss-reactive ketones (excluding diaryl/α,β-unsaturated/α-hetero) is 1. The number of carbonyl (C=O) groups is 5. The maximum atomic E-state index is 12.4. The Balaban J connectivity index is 0.000000124. The third-order valence-electron chi connectivity index (χ3n) is 19.2. The summed E-state index contributed by atoms with van der Waals surface area (Å²) >= 11 is 0. The van der Waals surface area contributed by atoms with Crippen molar-refractivity contribution in [3.8, 4) is 0 Å². The molecule has 18 unspecified atom stereocenters. The van der Waals surface area contributed by atoms with E-state index in [1.807, 2.05) is 41.5 Å². The van der Waals surface area contributed by atoms with Crippen LogP contribution in [0.1, 0.15) is 154 Å². The summed E-state index contributed by atoms with van der Waals surface area (Å²) in [5.74, 6) is 11.8. The Labute approximate surface area is 361 Å². The Bertz CT molecular complexity index is 1620. The number of ether oxygens (including phenoxy) is 3. The molecule has 338 valence electrons. The second-order valence-electron chi connectivity index (χ2n) is 23.9. The van der Waals surface area contributed by atoms with E-state index < -0.39 is 17.4 Å². The highest BCUT2D eigenvalue weighted by atomic mass is 16.6. The van der Waals surface area contributed by atoms with Crippen LogP contribution in [0.4, 0.5) is 0 Å². The molecule has 10 bridgehead atoms. The Morgan fingerprint density at radius 3 is 1.72 bits per heavy atom. The molecule has 9 nitrogen and oxygen atoms in total. The normalized spacial score (nSPS) is 47.1. The number of esters is 4. The van der Waals surface area contributed by atoms with Crippen LogP contribution in [0.3, 0.4) is 0 Å². The maximum absolute atomic E-state index is 12.4. The molecule has 10 aliphatic carbocycles. The third kappa shape index (κ3) is 8.30. The van der Waals surface area contributed by atoms with Crippen molar-refractivity contribution >= 4 is 29.7 Å². The lowest BCUT2D eigenvalue weighted by atomic mass is 9.53. The predicted octanol–water partition coefficient (Wildman–Crippen LogP) is 9.50. The van der Waals surface area contributed by atoms with Crippen LogP contribution < -0.4 is 0 Å². The fourth-order valence-corrected chi connectivity index (χ4v) is 15.1. The van der Waals surface area contributed by atoms with Crippen LogP contribution in [0.5, 0.6) is 0 Å². The van der Waals surface area contributed by atoms with Gasteiger partial charge in [0.25, 0.3) is 0 Å². The minimum atomic E-state index is -0.409. The van der Waals surface area contributed by atoms with Gasteiger partial charge in [0.05, 0.1) is 23.2 Å². The highest BCUT2D eigenvalue weighted by Crippen LogP contribution is 2.71. The first kappa shape index (κ1) is 45.7. The molecule has 0 aromatic heterocycles. The molecule has 1 aliphatic heterocycles. The minimum Gasteiger partial charge on any atom is -0.460 e. The average Bonchev–Trinajstić information content (AvgIpc) is 4.05. The molecule has 11 rings (SSSR count). The van der Waals surface area contributed by atoms with Gasteiger partial charge in [-0.2, -0.15) is 0 Å². The standard InChI is InChI=1S/C16H24O3.C15H24O.C14H24O2.C6H8O3/c1-4-15(2,3)14(18)19-16-7-10-5-11(8-16)13(17)12(6-10)9-16;1-7-8(2)12-5-11(7)14-9-3-10(6-16)13(4-9)15(12)14;1-8-9(2)11-6-10(8)7-12(11)13(15)16-14(3,4)5;1-3-4(2)6(8)9-5(3)7/h10-12H,4-9H2,1-3H3;7-16H,3-6H2,1-2H3;8-12H,6-7H2,1-5H3;3-4H,1-2H3. The monoisotopic (exact) mass is 837 g/mol. The topological polar surface area (TPSA) is 133 Å². The van der Waals surface area contributed by atoms with E-state index in [1.54, 1.807) is 13.8 Å². The lowest BCUT2D eigenvalue weighted by molar-refractivity contribution is -0.197. The summed E-state index contributed by atoms with van der Waals surface area (Å²) in [6, 6.07) is 0. The van der Waals surface area contributed by atoms with Crippen LogP contribution >= 0.6 is 0 Å². The second kappa shape index (κ2) is 16.7. The summed E-state index contributed by atoms with van der Waals surface area (Å²) in [6.07, 6.45) is 12.1. The third-order valence-corrected chi connectivity index (χ3v) is 19.2. The molecule has 1 N–H and O–H groups in total. The molecular formula is C51H80O9. The zero-order valence-electron chi connectivity index (χ0n) is 39.2. The fraction of sp³-hybridized carbons (Fsp3) is 0.902. The lowest BCUT2D eigenvalue weighted by Crippen LogP contribution is -2.57. The fourth-order valence-electron chi connectivity index (χ4n) is 15.1. The number of hydrogen-bond donors (Lipinski definition) is 1. The van der Waals surface area contributed by atoms with E-state index in [0.717, 1.165) is 104 Å². The number of rotatable bonds is 5. The quantitative estimate of drug-likeness (QED) is 0.124. The second-order valence-corrected chi connectivity index (χ2v) is 23.9. The molecule has 0 radical (unpaired) electrons. The van der Waals surface area contributed by atoms with Crippen molar-refractivity contribution in [2.24, 2.45) is 118 Å². The van der Waals surface area contributed by atoms with E-state index in [4.69, 9.17) is 9.47 Å². The molecular weight excluding hydrogens is 757 g/mol. The van der Waals surface area contributed by atoms with Gasteiger partial charge in [0.1, 0.15) is 17.0 Å². The van der Waals surface area contributed by atoms with Crippen molar-refractivity contribution in [3.63, 3.8) is 0 Å². The molecule has 10 saturated carbocycles. The van der Waals surface area contributed by atoms with Gasteiger partial charge in [-0.15, -0.1) is 0 Å². The highest BCUT2D eigenvalue weighted by molar-refractivity contribution is 5.95. The Kier molecular flexibility index (Phi) is 12.7. The van der Waals surface area contributed by atoms with E-state index in [-0.39, 0.29) is 52.7 Å². The molecule has 18 atom stereocenters. The van der Waals surface area contributed by atoms with Crippen LogP contribution in [0, 0.1) is 118 Å². The Morgan fingerprint density at radius 2 is 1.23 bits per heavy atom.